The number of methoxy groups -OCH3 is 3. The molecule has 0 saturated heterocycles. The lowest BCUT2D eigenvalue weighted by atomic mass is 9.87. The largest absolute Gasteiger partial charge is 0.493 e. The van der Waals surface area contributed by atoms with E-state index >= 15 is 0 Å². The SMILES string of the molecule is COc1ccc(/C=N/NC(=O)COc2ccc(C(C)(C)C)cc2)c(OC)c1OC. The minimum absolute atomic E-state index is 0.0653. The van der Waals surface area contributed by atoms with E-state index in [1.54, 1.807) is 19.2 Å². The average Bonchev–Trinajstić information content (AvgIpc) is 2.71. The van der Waals surface area contributed by atoms with Crippen LogP contribution in [0, 0.1) is 0 Å². The first kappa shape index (κ1) is 22.1. The topological polar surface area (TPSA) is 78.4 Å². The third-order valence-electron chi connectivity index (χ3n) is 4.22. The number of rotatable bonds is 8. The number of nitrogens with zero attached hydrogens (tertiary/aromatic N) is 1. The molecular weight excluding hydrogens is 372 g/mol. The molecule has 2 rings (SSSR count). The van der Waals surface area contributed by atoms with E-state index in [-0.39, 0.29) is 17.9 Å². The van der Waals surface area contributed by atoms with Gasteiger partial charge in [0.1, 0.15) is 5.75 Å². The number of carbonyl (C=O) groups is 1. The number of hydrazone groups is 1. The van der Waals surface area contributed by atoms with Crippen molar-refractivity contribution in [2.45, 2.75) is 26.2 Å². The van der Waals surface area contributed by atoms with Gasteiger partial charge in [0, 0.05) is 5.56 Å². The van der Waals surface area contributed by atoms with E-state index in [0.29, 0.717) is 28.6 Å². The summed E-state index contributed by atoms with van der Waals surface area (Å²) in [5.74, 6) is 1.70. The lowest BCUT2D eigenvalue weighted by Crippen LogP contribution is -2.24. The van der Waals surface area contributed by atoms with Crippen LogP contribution in [0.2, 0.25) is 0 Å². The molecule has 0 spiro atoms. The van der Waals surface area contributed by atoms with Crippen LogP contribution < -0.4 is 24.4 Å². The van der Waals surface area contributed by atoms with Gasteiger partial charge in [0.2, 0.25) is 5.75 Å². The third kappa shape index (κ3) is 5.88. The molecule has 0 atom stereocenters. The molecule has 0 heterocycles. The second kappa shape index (κ2) is 9.82. The standard InChI is InChI=1S/C22H28N2O5/c1-22(2,3)16-8-10-17(11-9-16)29-14-19(25)24-23-13-15-7-12-18(26-4)21(28-6)20(15)27-5/h7-13H,14H2,1-6H3,(H,24,25)/b23-13+. The number of hydrogen-bond acceptors (Lipinski definition) is 6. The van der Waals surface area contributed by atoms with Gasteiger partial charge in [0.25, 0.3) is 5.91 Å². The number of amides is 1. The number of hydrogen-bond donors (Lipinski definition) is 1. The van der Waals surface area contributed by atoms with E-state index in [1.165, 1.54) is 26.0 Å². The van der Waals surface area contributed by atoms with Crippen molar-refractivity contribution in [3.05, 3.63) is 47.5 Å². The van der Waals surface area contributed by atoms with Gasteiger partial charge in [-0.2, -0.15) is 5.10 Å². The van der Waals surface area contributed by atoms with E-state index in [4.69, 9.17) is 18.9 Å². The van der Waals surface area contributed by atoms with Gasteiger partial charge in [0.15, 0.2) is 18.1 Å². The monoisotopic (exact) mass is 400 g/mol. The highest BCUT2D eigenvalue weighted by atomic mass is 16.5. The van der Waals surface area contributed by atoms with E-state index in [9.17, 15) is 4.79 Å². The first-order valence-corrected chi connectivity index (χ1v) is 9.14. The summed E-state index contributed by atoms with van der Waals surface area (Å²) < 4.78 is 21.4. The molecule has 0 saturated carbocycles. The Hall–Kier alpha value is -3.22. The second-order valence-corrected chi connectivity index (χ2v) is 7.28. The van der Waals surface area contributed by atoms with Gasteiger partial charge < -0.3 is 18.9 Å². The molecule has 7 nitrogen and oxygen atoms in total. The number of carbonyl (C=O) groups excluding carboxylic acids is 1. The summed E-state index contributed by atoms with van der Waals surface area (Å²) >= 11 is 0. The van der Waals surface area contributed by atoms with Crippen molar-refractivity contribution in [3.8, 4) is 23.0 Å². The molecule has 1 amide bonds. The van der Waals surface area contributed by atoms with Gasteiger partial charge in [-0.1, -0.05) is 32.9 Å². The molecule has 0 aliphatic carbocycles. The fourth-order valence-corrected chi connectivity index (χ4v) is 2.63. The van der Waals surface area contributed by atoms with E-state index in [1.807, 2.05) is 24.3 Å². The molecular formula is C22H28N2O5. The number of ether oxygens (including phenoxy) is 4. The van der Waals surface area contributed by atoms with Gasteiger partial charge in [-0.15, -0.1) is 0 Å². The molecule has 156 valence electrons. The lowest BCUT2D eigenvalue weighted by molar-refractivity contribution is -0.123. The van der Waals surface area contributed by atoms with Crippen LogP contribution in [0.25, 0.3) is 0 Å². The fourth-order valence-electron chi connectivity index (χ4n) is 2.63. The molecule has 0 bridgehead atoms. The summed E-state index contributed by atoms with van der Waals surface area (Å²) in [5.41, 5.74) is 4.32. The maximum atomic E-state index is 12.0. The minimum Gasteiger partial charge on any atom is -0.493 e. The summed E-state index contributed by atoms with van der Waals surface area (Å²) in [6, 6.07) is 11.2. The average molecular weight is 400 g/mol. The summed E-state index contributed by atoms with van der Waals surface area (Å²) in [6.45, 7) is 6.28. The van der Waals surface area contributed by atoms with Gasteiger partial charge in [-0.3, -0.25) is 4.79 Å². The number of nitrogens with one attached hydrogen (secondary N) is 1. The van der Waals surface area contributed by atoms with Crippen LogP contribution in [0.1, 0.15) is 31.9 Å². The first-order valence-electron chi connectivity index (χ1n) is 9.14. The van der Waals surface area contributed by atoms with Crippen molar-refractivity contribution in [2.24, 2.45) is 5.10 Å². The van der Waals surface area contributed by atoms with Crippen LogP contribution in [0.15, 0.2) is 41.5 Å². The smallest absolute Gasteiger partial charge is 0.277 e. The third-order valence-corrected chi connectivity index (χ3v) is 4.22. The van der Waals surface area contributed by atoms with Gasteiger partial charge in [-0.05, 0) is 35.2 Å². The summed E-state index contributed by atoms with van der Waals surface area (Å²) in [5, 5.41) is 3.96. The molecule has 0 aliphatic rings. The van der Waals surface area contributed by atoms with E-state index in [0.717, 1.165) is 0 Å². The van der Waals surface area contributed by atoms with Gasteiger partial charge in [0.05, 0.1) is 27.5 Å². The van der Waals surface area contributed by atoms with E-state index in [2.05, 4.69) is 31.3 Å². The maximum Gasteiger partial charge on any atom is 0.277 e. The summed E-state index contributed by atoms with van der Waals surface area (Å²) in [6.07, 6.45) is 1.47. The maximum absolute atomic E-state index is 12.0. The Bertz CT molecular complexity index is 855. The predicted octanol–water partition coefficient (Wildman–Crippen LogP) is 3.54. The highest BCUT2D eigenvalue weighted by molar-refractivity contribution is 5.87. The summed E-state index contributed by atoms with van der Waals surface area (Å²) in [7, 11) is 4.59. The van der Waals surface area contributed by atoms with Gasteiger partial charge in [-0.25, -0.2) is 5.43 Å². The Morgan fingerprint density at radius 1 is 0.966 bits per heavy atom. The minimum atomic E-state index is -0.374. The van der Waals surface area contributed by atoms with Crippen LogP contribution in [-0.2, 0) is 10.2 Å². The molecule has 7 heteroatoms. The van der Waals surface area contributed by atoms with Crippen LogP contribution in [0.3, 0.4) is 0 Å². The zero-order valence-electron chi connectivity index (χ0n) is 17.7. The van der Waals surface area contributed by atoms with Crippen LogP contribution in [-0.4, -0.2) is 40.1 Å². The molecule has 29 heavy (non-hydrogen) atoms. The zero-order chi connectivity index (χ0) is 21.4. The van der Waals surface area contributed by atoms with Crippen LogP contribution in [0.4, 0.5) is 0 Å². The van der Waals surface area contributed by atoms with Crippen molar-refractivity contribution in [2.75, 3.05) is 27.9 Å². The molecule has 1 N–H and O–H groups in total. The first-order chi connectivity index (χ1) is 13.8. The molecule has 0 aromatic heterocycles. The van der Waals surface area contributed by atoms with Crippen molar-refractivity contribution in [1.29, 1.82) is 0 Å². The molecule has 2 aromatic carbocycles. The molecule has 0 aliphatic heterocycles. The molecule has 2 aromatic rings. The molecule has 0 unspecified atom stereocenters. The number of benzene rings is 2. The molecule has 0 fully saturated rings. The van der Waals surface area contributed by atoms with Crippen molar-refractivity contribution in [1.82, 2.24) is 5.43 Å². The Kier molecular flexibility index (Phi) is 7.47. The van der Waals surface area contributed by atoms with Gasteiger partial charge >= 0.3 is 0 Å². The highest BCUT2D eigenvalue weighted by Gasteiger charge is 2.15. The van der Waals surface area contributed by atoms with Crippen molar-refractivity contribution in [3.63, 3.8) is 0 Å². The Balaban J connectivity index is 1.95. The van der Waals surface area contributed by atoms with Crippen LogP contribution in [0.5, 0.6) is 23.0 Å². The zero-order valence-corrected chi connectivity index (χ0v) is 17.7. The quantitative estimate of drug-likeness (QED) is 0.542. The Labute approximate surface area is 171 Å². The van der Waals surface area contributed by atoms with Crippen molar-refractivity contribution < 1.29 is 23.7 Å². The summed E-state index contributed by atoms with van der Waals surface area (Å²) in [4.78, 5) is 12.0. The Morgan fingerprint density at radius 3 is 2.17 bits per heavy atom. The normalized spacial score (nSPS) is 11.2. The lowest BCUT2D eigenvalue weighted by Gasteiger charge is -2.19. The predicted molar refractivity (Wildman–Crippen MR) is 112 cm³/mol. The highest BCUT2D eigenvalue weighted by Crippen LogP contribution is 2.38. The van der Waals surface area contributed by atoms with E-state index < -0.39 is 0 Å². The Morgan fingerprint density at radius 2 is 1.62 bits per heavy atom. The molecule has 0 radical (unpaired) electrons. The van der Waals surface area contributed by atoms with Crippen molar-refractivity contribution >= 4 is 12.1 Å². The van der Waals surface area contributed by atoms with Crippen LogP contribution >= 0.6 is 0 Å². The fraction of sp³-hybridized carbons (Fsp3) is 0.364. The second-order valence-electron chi connectivity index (χ2n) is 7.28.